The van der Waals surface area contributed by atoms with Crippen LogP contribution in [-0.2, 0) is 0 Å². The minimum absolute atomic E-state index is 0.179. The minimum Gasteiger partial charge on any atom is -0.324 e. The van der Waals surface area contributed by atoms with Crippen molar-refractivity contribution in [1.82, 2.24) is 0 Å². The van der Waals surface area contributed by atoms with Crippen molar-refractivity contribution in [2.75, 3.05) is 0 Å². The molecule has 0 fully saturated rings. The van der Waals surface area contributed by atoms with Crippen molar-refractivity contribution in [2.24, 2.45) is 5.73 Å². The Kier molecular flexibility index (Phi) is 2.34. The first kappa shape index (κ1) is 8.73. The van der Waals surface area contributed by atoms with Gasteiger partial charge >= 0.3 is 0 Å². The van der Waals surface area contributed by atoms with Gasteiger partial charge in [0.05, 0.1) is 0 Å². The van der Waals surface area contributed by atoms with Gasteiger partial charge in [0.25, 0.3) is 0 Å². The third-order valence-electron chi connectivity index (χ3n) is 2.37. The average Bonchev–Trinajstić information content (AvgIpc) is 2.63. The monoisotopic (exact) mass is 191 g/mol. The zero-order chi connectivity index (χ0) is 9.26. The lowest BCUT2D eigenvalue weighted by atomic mass is 10.0. The van der Waals surface area contributed by atoms with Crippen molar-refractivity contribution in [1.29, 1.82) is 0 Å². The van der Waals surface area contributed by atoms with Crippen molar-refractivity contribution < 1.29 is 0 Å². The van der Waals surface area contributed by atoms with E-state index in [0.717, 1.165) is 6.42 Å². The van der Waals surface area contributed by atoms with Crippen molar-refractivity contribution in [2.45, 2.75) is 19.4 Å². The number of fused-ring (bicyclic) bond motifs is 1. The molecule has 1 atom stereocenters. The van der Waals surface area contributed by atoms with E-state index in [9.17, 15) is 0 Å². The topological polar surface area (TPSA) is 26.0 Å². The number of hydrogen-bond acceptors (Lipinski definition) is 2. The Labute approximate surface area is 82.2 Å². The third-order valence-corrected chi connectivity index (χ3v) is 3.25. The van der Waals surface area contributed by atoms with Crippen LogP contribution in [-0.4, -0.2) is 0 Å². The Bertz CT molecular complexity index is 405. The maximum absolute atomic E-state index is 6.02. The quantitative estimate of drug-likeness (QED) is 0.774. The SMILES string of the molecule is CC[C@H](N)c1cccc2sccc12. The van der Waals surface area contributed by atoms with Gasteiger partial charge in [0.15, 0.2) is 0 Å². The summed E-state index contributed by atoms with van der Waals surface area (Å²) in [4.78, 5) is 0. The number of hydrogen-bond donors (Lipinski definition) is 1. The molecule has 0 aliphatic heterocycles. The summed E-state index contributed by atoms with van der Waals surface area (Å²) in [5.41, 5.74) is 7.30. The lowest BCUT2D eigenvalue weighted by Gasteiger charge is -2.09. The second kappa shape index (κ2) is 3.48. The highest BCUT2D eigenvalue weighted by Crippen LogP contribution is 2.28. The molecule has 1 aromatic heterocycles. The van der Waals surface area contributed by atoms with Crippen molar-refractivity contribution in [3.8, 4) is 0 Å². The summed E-state index contributed by atoms with van der Waals surface area (Å²) < 4.78 is 1.33. The summed E-state index contributed by atoms with van der Waals surface area (Å²) >= 11 is 1.77. The van der Waals surface area contributed by atoms with Crippen molar-refractivity contribution >= 4 is 21.4 Å². The highest BCUT2D eigenvalue weighted by atomic mass is 32.1. The lowest BCUT2D eigenvalue weighted by Crippen LogP contribution is -2.08. The first-order valence-corrected chi connectivity index (χ1v) is 5.42. The van der Waals surface area contributed by atoms with Gasteiger partial charge in [-0.15, -0.1) is 11.3 Å². The van der Waals surface area contributed by atoms with Crippen LogP contribution in [0.2, 0.25) is 0 Å². The molecule has 2 aromatic rings. The summed E-state index contributed by atoms with van der Waals surface area (Å²) in [5.74, 6) is 0. The van der Waals surface area contributed by atoms with Crippen LogP contribution >= 0.6 is 11.3 Å². The Morgan fingerprint density at radius 1 is 1.38 bits per heavy atom. The lowest BCUT2D eigenvalue weighted by molar-refractivity contribution is 0.704. The van der Waals surface area contributed by atoms with E-state index in [2.05, 4.69) is 36.6 Å². The molecule has 1 heterocycles. The molecule has 0 aliphatic carbocycles. The van der Waals surface area contributed by atoms with E-state index < -0.39 is 0 Å². The van der Waals surface area contributed by atoms with Crippen LogP contribution in [0.25, 0.3) is 10.1 Å². The van der Waals surface area contributed by atoms with Crippen molar-refractivity contribution in [3.05, 3.63) is 35.2 Å². The van der Waals surface area contributed by atoms with E-state index in [1.165, 1.54) is 15.6 Å². The predicted octanol–water partition coefficient (Wildman–Crippen LogP) is 3.31. The Morgan fingerprint density at radius 3 is 3.00 bits per heavy atom. The highest BCUT2D eigenvalue weighted by molar-refractivity contribution is 7.17. The van der Waals surface area contributed by atoms with Gasteiger partial charge in [-0.3, -0.25) is 0 Å². The van der Waals surface area contributed by atoms with Gasteiger partial charge in [0.1, 0.15) is 0 Å². The number of nitrogens with two attached hydrogens (primary N) is 1. The molecule has 68 valence electrons. The molecule has 2 heteroatoms. The van der Waals surface area contributed by atoms with Crippen LogP contribution < -0.4 is 5.73 Å². The van der Waals surface area contributed by atoms with Crippen LogP contribution in [0.15, 0.2) is 29.6 Å². The van der Waals surface area contributed by atoms with Gasteiger partial charge in [0, 0.05) is 10.7 Å². The van der Waals surface area contributed by atoms with E-state index in [1.807, 2.05) is 0 Å². The molecule has 0 saturated carbocycles. The molecule has 0 aliphatic rings. The van der Waals surface area contributed by atoms with E-state index in [0.29, 0.717) is 0 Å². The number of benzene rings is 1. The van der Waals surface area contributed by atoms with Crippen LogP contribution in [0.5, 0.6) is 0 Å². The Morgan fingerprint density at radius 2 is 2.23 bits per heavy atom. The molecule has 0 bridgehead atoms. The number of rotatable bonds is 2. The van der Waals surface area contributed by atoms with Crippen molar-refractivity contribution in [3.63, 3.8) is 0 Å². The van der Waals surface area contributed by atoms with Gasteiger partial charge < -0.3 is 5.73 Å². The highest BCUT2D eigenvalue weighted by Gasteiger charge is 2.07. The molecule has 0 saturated heterocycles. The third kappa shape index (κ3) is 1.47. The molecular weight excluding hydrogens is 178 g/mol. The largest absolute Gasteiger partial charge is 0.324 e. The molecule has 2 rings (SSSR count). The van der Waals surface area contributed by atoms with E-state index in [4.69, 9.17) is 5.73 Å². The molecule has 0 amide bonds. The smallest absolute Gasteiger partial charge is 0.0346 e. The molecule has 0 radical (unpaired) electrons. The zero-order valence-electron chi connectivity index (χ0n) is 7.66. The first-order valence-electron chi connectivity index (χ1n) is 4.54. The standard InChI is InChI=1S/C11H13NS/c1-2-10(12)8-4-3-5-11-9(8)6-7-13-11/h3-7,10H,2,12H2,1H3/t10-/m0/s1. The second-order valence-corrected chi connectivity index (χ2v) is 4.14. The fourth-order valence-corrected chi connectivity index (χ4v) is 2.38. The van der Waals surface area contributed by atoms with Gasteiger partial charge in [-0.25, -0.2) is 0 Å². The van der Waals surface area contributed by atoms with Crippen LogP contribution in [0, 0.1) is 0 Å². The Balaban J connectivity index is 2.60. The van der Waals surface area contributed by atoms with E-state index in [1.54, 1.807) is 11.3 Å². The molecule has 1 nitrogen and oxygen atoms in total. The fraction of sp³-hybridized carbons (Fsp3) is 0.273. The summed E-state index contributed by atoms with van der Waals surface area (Å²) in [7, 11) is 0. The normalized spacial score (nSPS) is 13.4. The summed E-state index contributed by atoms with van der Waals surface area (Å²) in [6.07, 6.45) is 0.995. The Hall–Kier alpha value is -0.860. The average molecular weight is 191 g/mol. The van der Waals surface area contributed by atoms with E-state index in [-0.39, 0.29) is 6.04 Å². The number of thiophene rings is 1. The molecule has 2 N–H and O–H groups in total. The van der Waals surface area contributed by atoms with Crippen LogP contribution in [0.3, 0.4) is 0 Å². The van der Waals surface area contributed by atoms with Crippen LogP contribution in [0.1, 0.15) is 24.9 Å². The summed E-state index contributed by atoms with van der Waals surface area (Å²) in [6, 6.07) is 8.70. The zero-order valence-corrected chi connectivity index (χ0v) is 8.47. The maximum Gasteiger partial charge on any atom is 0.0346 e. The van der Waals surface area contributed by atoms with Crippen LogP contribution in [0.4, 0.5) is 0 Å². The van der Waals surface area contributed by atoms with Gasteiger partial charge in [0.2, 0.25) is 0 Å². The first-order chi connectivity index (χ1) is 6.33. The second-order valence-electron chi connectivity index (χ2n) is 3.19. The fourth-order valence-electron chi connectivity index (χ4n) is 1.56. The van der Waals surface area contributed by atoms with Gasteiger partial charge in [-0.1, -0.05) is 19.1 Å². The predicted molar refractivity (Wildman–Crippen MR) is 59.0 cm³/mol. The molecular formula is C11H13NS. The van der Waals surface area contributed by atoms with Gasteiger partial charge in [-0.05, 0) is 34.9 Å². The summed E-state index contributed by atoms with van der Waals surface area (Å²) in [6.45, 7) is 2.12. The molecule has 0 spiro atoms. The summed E-state index contributed by atoms with van der Waals surface area (Å²) in [5, 5.41) is 3.44. The molecule has 13 heavy (non-hydrogen) atoms. The molecule has 0 unspecified atom stereocenters. The molecule has 1 aromatic carbocycles. The minimum atomic E-state index is 0.179. The van der Waals surface area contributed by atoms with Gasteiger partial charge in [-0.2, -0.15) is 0 Å². The maximum atomic E-state index is 6.02. The van der Waals surface area contributed by atoms with E-state index >= 15 is 0 Å².